The third-order valence-corrected chi connectivity index (χ3v) is 4.38. The number of rotatable bonds is 9. The highest BCUT2D eigenvalue weighted by atomic mass is 35.5. The number of nitrogens with one attached hydrogen (secondary N) is 3. The van der Waals surface area contributed by atoms with Crippen molar-refractivity contribution in [3.63, 3.8) is 0 Å². The molecule has 0 spiro atoms. The van der Waals surface area contributed by atoms with Crippen LogP contribution in [0.1, 0.15) is 24.5 Å². The number of halogens is 1. The van der Waals surface area contributed by atoms with Crippen LogP contribution in [0.5, 0.6) is 11.5 Å². The summed E-state index contributed by atoms with van der Waals surface area (Å²) in [7, 11) is 1.46. The molecule has 0 bridgehead atoms. The van der Waals surface area contributed by atoms with Crippen molar-refractivity contribution in [3.8, 4) is 11.5 Å². The van der Waals surface area contributed by atoms with E-state index in [0.29, 0.717) is 34.3 Å². The van der Waals surface area contributed by atoms with Gasteiger partial charge in [-0.15, -0.1) is 0 Å². The Balaban J connectivity index is 1.93. The number of benzene rings is 2. The first kappa shape index (κ1) is 24.7. The normalized spacial score (nSPS) is 10.5. The van der Waals surface area contributed by atoms with Gasteiger partial charge in [-0.1, -0.05) is 24.6 Å². The van der Waals surface area contributed by atoms with E-state index in [1.165, 1.54) is 13.3 Å². The summed E-state index contributed by atoms with van der Waals surface area (Å²) in [6, 6.07) is 10.1. The lowest BCUT2D eigenvalue weighted by molar-refractivity contribution is -0.139. The van der Waals surface area contributed by atoms with Gasteiger partial charge in [0.25, 0.3) is 5.91 Å². The second kappa shape index (κ2) is 12.3. The second-order valence-electron chi connectivity index (χ2n) is 6.66. The molecule has 3 amide bonds. The molecule has 0 saturated heterocycles. The highest BCUT2D eigenvalue weighted by Gasteiger charge is 2.12. The number of anilines is 1. The number of carbonyl (C=O) groups is 3. The van der Waals surface area contributed by atoms with Gasteiger partial charge in [0.2, 0.25) is 0 Å². The summed E-state index contributed by atoms with van der Waals surface area (Å²) in [6.07, 6.45) is 2.07. The number of nitrogens with zero attached hydrogens (tertiary/aromatic N) is 1. The van der Waals surface area contributed by atoms with Gasteiger partial charge in [0.15, 0.2) is 18.1 Å². The summed E-state index contributed by atoms with van der Waals surface area (Å²) in [4.78, 5) is 35.3. The Morgan fingerprint density at radius 2 is 1.88 bits per heavy atom. The zero-order chi connectivity index (χ0) is 23.5. The fourth-order valence-corrected chi connectivity index (χ4v) is 2.65. The van der Waals surface area contributed by atoms with Crippen molar-refractivity contribution in [2.24, 2.45) is 5.10 Å². The smallest absolute Gasteiger partial charge is 0.329 e. The first-order valence-electron chi connectivity index (χ1n) is 9.82. The van der Waals surface area contributed by atoms with Crippen molar-refractivity contribution in [2.75, 3.05) is 25.6 Å². The molecule has 0 aliphatic heterocycles. The largest absolute Gasteiger partial charge is 0.493 e. The Bertz CT molecular complexity index is 1010. The average Bonchev–Trinajstić information content (AvgIpc) is 2.78. The van der Waals surface area contributed by atoms with E-state index in [1.54, 1.807) is 30.3 Å². The maximum absolute atomic E-state index is 12.2. The Morgan fingerprint density at radius 3 is 2.59 bits per heavy atom. The number of methoxy groups -OCH3 is 1. The number of ether oxygens (including phenoxy) is 2. The molecule has 2 aromatic rings. The number of hydrazone groups is 1. The molecule has 0 heterocycles. The average molecular weight is 461 g/mol. The van der Waals surface area contributed by atoms with Gasteiger partial charge in [0.05, 0.1) is 13.3 Å². The van der Waals surface area contributed by atoms with Crippen LogP contribution in [0, 0.1) is 6.92 Å². The van der Waals surface area contributed by atoms with E-state index in [1.807, 2.05) is 19.9 Å². The van der Waals surface area contributed by atoms with Crippen LogP contribution >= 0.6 is 11.6 Å². The summed E-state index contributed by atoms with van der Waals surface area (Å²) >= 11 is 5.96. The first-order chi connectivity index (χ1) is 15.3. The van der Waals surface area contributed by atoms with Gasteiger partial charge >= 0.3 is 11.8 Å². The molecule has 0 aromatic heterocycles. The molecule has 10 heteroatoms. The molecule has 2 rings (SSSR count). The van der Waals surface area contributed by atoms with Crippen molar-refractivity contribution in [2.45, 2.75) is 20.3 Å². The third-order valence-electron chi connectivity index (χ3n) is 4.14. The molecule has 3 N–H and O–H groups in total. The van der Waals surface area contributed by atoms with Crippen molar-refractivity contribution in [1.29, 1.82) is 0 Å². The zero-order valence-corrected chi connectivity index (χ0v) is 18.8. The van der Waals surface area contributed by atoms with Gasteiger partial charge in [-0.25, -0.2) is 5.43 Å². The Labute approximate surface area is 191 Å². The number of carbonyl (C=O) groups excluding carboxylic acids is 3. The van der Waals surface area contributed by atoms with Crippen LogP contribution in [0.15, 0.2) is 41.5 Å². The predicted octanol–water partition coefficient (Wildman–Crippen LogP) is 2.65. The van der Waals surface area contributed by atoms with Crippen LogP contribution in [0.25, 0.3) is 0 Å². The van der Waals surface area contributed by atoms with E-state index in [2.05, 4.69) is 21.2 Å². The predicted molar refractivity (Wildman–Crippen MR) is 122 cm³/mol. The van der Waals surface area contributed by atoms with Gasteiger partial charge in [0, 0.05) is 17.3 Å². The van der Waals surface area contributed by atoms with Crippen molar-refractivity contribution in [1.82, 2.24) is 10.7 Å². The summed E-state index contributed by atoms with van der Waals surface area (Å²) in [5.74, 6) is -1.25. The summed E-state index contributed by atoms with van der Waals surface area (Å²) in [5, 5.41) is 9.47. The molecule has 32 heavy (non-hydrogen) atoms. The number of aryl methyl sites for hydroxylation is 1. The summed E-state index contributed by atoms with van der Waals surface area (Å²) in [5.41, 5.74) is 4.21. The monoisotopic (exact) mass is 460 g/mol. The maximum atomic E-state index is 12.2. The van der Waals surface area contributed by atoms with Gasteiger partial charge in [-0.3, -0.25) is 14.4 Å². The molecule has 0 saturated carbocycles. The molecule has 0 radical (unpaired) electrons. The topological polar surface area (TPSA) is 118 Å². The van der Waals surface area contributed by atoms with Crippen LogP contribution < -0.4 is 25.5 Å². The molecular formula is C22H25ClN4O5. The number of hydrogen-bond acceptors (Lipinski definition) is 6. The minimum Gasteiger partial charge on any atom is -0.493 e. The van der Waals surface area contributed by atoms with Crippen molar-refractivity contribution < 1.29 is 23.9 Å². The number of amides is 3. The van der Waals surface area contributed by atoms with Gasteiger partial charge in [-0.05, 0) is 54.8 Å². The standard InChI is InChI=1S/C22H25ClN4O5/c1-4-9-24-21(29)22(30)27-25-12-15-6-8-18(19(10-15)31-3)32-13-20(28)26-17-11-16(23)7-5-14(17)2/h5-8,10-12H,4,9,13H2,1-3H3,(H,24,29)(H,26,28)(H,27,30)/b25-12-. The summed E-state index contributed by atoms with van der Waals surface area (Å²) in [6.45, 7) is 3.91. The van der Waals surface area contributed by atoms with Crippen LogP contribution in [-0.4, -0.2) is 44.2 Å². The molecule has 9 nitrogen and oxygen atoms in total. The van der Waals surface area contributed by atoms with E-state index >= 15 is 0 Å². The third kappa shape index (κ3) is 7.59. The highest BCUT2D eigenvalue weighted by molar-refractivity contribution is 6.35. The van der Waals surface area contributed by atoms with Crippen molar-refractivity contribution in [3.05, 3.63) is 52.5 Å². The fourth-order valence-electron chi connectivity index (χ4n) is 2.48. The molecule has 0 aliphatic carbocycles. The molecule has 0 aliphatic rings. The maximum Gasteiger partial charge on any atom is 0.329 e. The molecular weight excluding hydrogens is 436 g/mol. The van der Waals surface area contributed by atoms with Crippen LogP contribution in [0.3, 0.4) is 0 Å². The van der Waals surface area contributed by atoms with Crippen LogP contribution in [0.2, 0.25) is 5.02 Å². The molecule has 0 fully saturated rings. The molecule has 0 unspecified atom stereocenters. The number of hydrogen-bond donors (Lipinski definition) is 3. The highest BCUT2D eigenvalue weighted by Crippen LogP contribution is 2.27. The minimum absolute atomic E-state index is 0.237. The van der Waals surface area contributed by atoms with Gasteiger partial charge in [-0.2, -0.15) is 5.10 Å². The Kier molecular flexibility index (Phi) is 9.49. The van der Waals surface area contributed by atoms with Gasteiger partial charge in [0.1, 0.15) is 0 Å². The SMILES string of the molecule is CCCNC(=O)C(=O)N/N=C\c1ccc(OCC(=O)Nc2cc(Cl)ccc2C)c(OC)c1. The van der Waals surface area contributed by atoms with E-state index in [0.717, 1.165) is 12.0 Å². The summed E-state index contributed by atoms with van der Waals surface area (Å²) < 4.78 is 10.9. The van der Waals surface area contributed by atoms with E-state index < -0.39 is 11.8 Å². The first-order valence-corrected chi connectivity index (χ1v) is 10.2. The van der Waals surface area contributed by atoms with E-state index in [9.17, 15) is 14.4 Å². The lowest BCUT2D eigenvalue weighted by Crippen LogP contribution is -2.38. The second-order valence-corrected chi connectivity index (χ2v) is 7.10. The molecule has 2 aromatic carbocycles. The van der Waals surface area contributed by atoms with Crippen molar-refractivity contribution >= 4 is 41.2 Å². The van der Waals surface area contributed by atoms with Gasteiger partial charge < -0.3 is 20.1 Å². The van der Waals surface area contributed by atoms with E-state index in [4.69, 9.17) is 21.1 Å². The fraction of sp³-hybridized carbons (Fsp3) is 0.273. The Morgan fingerprint density at radius 1 is 1.09 bits per heavy atom. The zero-order valence-electron chi connectivity index (χ0n) is 18.0. The lowest BCUT2D eigenvalue weighted by Gasteiger charge is -2.12. The quantitative estimate of drug-likeness (QED) is 0.302. The lowest BCUT2D eigenvalue weighted by atomic mass is 10.2. The van der Waals surface area contributed by atoms with Crippen LogP contribution in [-0.2, 0) is 14.4 Å². The van der Waals surface area contributed by atoms with Crippen LogP contribution in [0.4, 0.5) is 5.69 Å². The molecule has 0 atom stereocenters. The van der Waals surface area contributed by atoms with E-state index in [-0.39, 0.29) is 12.5 Å². The minimum atomic E-state index is -0.859. The Hall–Kier alpha value is -3.59. The molecule has 170 valence electrons.